The largest absolute Gasteiger partial charge is 0.0871 e. The zero-order valence-corrected chi connectivity index (χ0v) is 19.9. The Labute approximate surface area is 203 Å². The van der Waals surface area contributed by atoms with E-state index in [0.717, 1.165) is 0 Å². The fourth-order valence-corrected chi connectivity index (χ4v) is 3.60. The first-order chi connectivity index (χ1) is 16.7. The lowest BCUT2D eigenvalue weighted by molar-refractivity contribution is 1.46. The van der Waals surface area contributed by atoms with Crippen LogP contribution in [0.2, 0.25) is 0 Å². The van der Waals surface area contributed by atoms with Crippen molar-refractivity contribution >= 4 is 42.5 Å². The lowest BCUT2D eigenvalue weighted by Crippen LogP contribution is -1.78. The Morgan fingerprint density at radius 2 is 0.529 bits per heavy atom. The molecule has 0 radical (unpaired) electrons. The zero-order chi connectivity index (χ0) is 23.6. The van der Waals surface area contributed by atoms with Crippen molar-refractivity contribution in [1.82, 2.24) is 0 Å². The summed E-state index contributed by atoms with van der Waals surface area (Å²) in [5.74, 6) is 0. The Hall–Kier alpha value is -4.16. The maximum Gasteiger partial charge on any atom is -0.0256 e. The summed E-state index contributed by atoms with van der Waals surface area (Å²) in [7, 11) is 0. The molecule has 0 saturated carbocycles. The van der Waals surface area contributed by atoms with E-state index in [2.05, 4.69) is 153 Å². The number of hydrogen-bond donors (Lipinski definition) is 0. The first kappa shape index (κ1) is 23.0. The molecule has 166 valence electrons. The number of allylic oxidation sites excluding steroid dienone is 1. The van der Waals surface area contributed by atoms with Crippen LogP contribution in [0, 0.1) is 6.92 Å². The average molecular weight is 439 g/mol. The van der Waals surface area contributed by atoms with Crippen LogP contribution >= 0.6 is 0 Å². The normalized spacial score (nSPS) is 11.9. The molecule has 0 N–H and O–H groups in total. The highest BCUT2D eigenvalue weighted by molar-refractivity contribution is 5.74. The van der Waals surface area contributed by atoms with Crippen molar-refractivity contribution in [3.05, 3.63) is 148 Å². The van der Waals surface area contributed by atoms with Gasteiger partial charge >= 0.3 is 0 Å². The van der Waals surface area contributed by atoms with Crippen molar-refractivity contribution in [2.45, 2.75) is 13.8 Å². The monoisotopic (exact) mass is 438 g/mol. The van der Waals surface area contributed by atoms with Gasteiger partial charge in [-0.05, 0) is 52.8 Å². The van der Waals surface area contributed by atoms with Crippen LogP contribution in [-0.2, 0) is 0 Å². The fraction of sp³-hybridized carbons (Fsp3) is 0.0588. The van der Waals surface area contributed by atoms with Gasteiger partial charge in [-0.25, -0.2) is 0 Å². The van der Waals surface area contributed by atoms with Crippen LogP contribution in [0.5, 0.6) is 0 Å². The van der Waals surface area contributed by atoms with E-state index >= 15 is 0 Å². The molecule has 0 aromatic heterocycles. The first-order valence-corrected chi connectivity index (χ1v) is 11.7. The lowest BCUT2D eigenvalue weighted by Gasteiger charge is -1.99. The molecule has 4 aromatic carbocycles. The highest BCUT2D eigenvalue weighted by Crippen LogP contribution is 2.15. The van der Waals surface area contributed by atoms with Crippen molar-refractivity contribution < 1.29 is 0 Å². The summed E-state index contributed by atoms with van der Waals surface area (Å²) in [5.41, 5.74) is 9.71. The predicted octanol–water partition coefficient (Wildman–Crippen LogP) is 9.54. The highest BCUT2D eigenvalue weighted by atomic mass is 14.0. The number of hydrogen-bond acceptors (Lipinski definition) is 0. The number of benzene rings is 4. The summed E-state index contributed by atoms with van der Waals surface area (Å²) in [6.45, 7) is 4.15. The van der Waals surface area contributed by atoms with Crippen LogP contribution in [0.1, 0.15) is 51.4 Å². The van der Waals surface area contributed by atoms with Crippen LogP contribution in [-0.4, -0.2) is 0 Å². The standard InChI is InChI=1S/C34H30/c1-3-4-28-9-11-30(12-10-28)15-16-32-21-23-34(24-22-32)26-25-33-19-17-31(18-20-33)14-13-29-7-5-27(2)6-8-29/h3-26H,1-2H3. The summed E-state index contributed by atoms with van der Waals surface area (Å²) < 4.78 is 0. The molecule has 0 aliphatic carbocycles. The van der Waals surface area contributed by atoms with Gasteiger partial charge in [-0.15, -0.1) is 0 Å². The van der Waals surface area contributed by atoms with E-state index < -0.39 is 0 Å². The van der Waals surface area contributed by atoms with Crippen LogP contribution in [0.15, 0.2) is 103 Å². The summed E-state index contributed by atoms with van der Waals surface area (Å²) in [6.07, 6.45) is 17.1. The van der Waals surface area contributed by atoms with Crippen LogP contribution in [0.3, 0.4) is 0 Å². The quantitative estimate of drug-likeness (QED) is 0.252. The molecule has 4 rings (SSSR count). The third kappa shape index (κ3) is 6.92. The Morgan fingerprint density at radius 3 is 0.765 bits per heavy atom. The lowest BCUT2D eigenvalue weighted by atomic mass is 10.1. The molecule has 0 aliphatic heterocycles. The predicted molar refractivity (Wildman–Crippen MR) is 152 cm³/mol. The molecular weight excluding hydrogens is 408 g/mol. The van der Waals surface area contributed by atoms with Gasteiger partial charge in [0.1, 0.15) is 0 Å². The van der Waals surface area contributed by atoms with Gasteiger partial charge in [0.25, 0.3) is 0 Å². The van der Waals surface area contributed by atoms with Gasteiger partial charge in [0.2, 0.25) is 0 Å². The minimum absolute atomic E-state index is 1.19. The van der Waals surface area contributed by atoms with Crippen molar-refractivity contribution in [3.63, 3.8) is 0 Å². The second kappa shape index (κ2) is 11.6. The maximum atomic E-state index is 2.16. The summed E-state index contributed by atoms with van der Waals surface area (Å²) in [4.78, 5) is 0. The van der Waals surface area contributed by atoms with E-state index in [1.165, 1.54) is 44.5 Å². The minimum Gasteiger partial charge on any atom is -0.0871 e. The van der Waals surface area contributed by atoms with Gasteiger partial charge < -0.3 is 0 Å². The average Bonchev–Trinajstić information content (AvgIpc) is 2.88. The molecule has 0 spiro atoms. The molecule has 0 amide bonds. The van der Waals surface area contributed by atoms with Crippen LogP contribution < -0.4 is 0 Å². The SMILES string of the molecule is CC=Cc1ccc(C=Cc2ccc(C=Cc3ccc(C=Cc4ccc(C)cc4)cc3)cc2)cc1. The molecule has 0 heteroatoms. The molecule has 0 unspecified atom stereocenters. The van der Waals surface area contributed by atoms with Gasteiger partial charge in [-0.2, -0.15) is 0 Å². The van der Waals surface area contributed by atoms with Crippen molar-refractivity contribution in [1.29, 1.82) is 0 Å². The Balaban J connectivity index is 1.34. The second-order valence-electron chi connectivity index (χ2n) is 8.41. The molecule has 0 saturated heterocycles. The molecule has 0 bridgehead atoms. The van der Waals surface area contributed by atoms with Crippen molar-refractivity contribution in [2.75, 3.05) is 0 Å². The minimum atomic E-state index is 1.19. The van der Waals surface area contributed by atoms with Crippen molar-refractivity contribution in [2.24, 2.45) is 0 Å². The van der Waals surface area contributed by atoms with E-state index in [9.17, 15) is 0 Å². The van der Waals surface area contributed by atoms with E-state index in [-0.39, 0.29) is 0 Å². The third-order valence-corrected chi connectivity index (χ3v) is 5.65. The number of aryl methyl sites for hydroxylation is 1. The summed E-state index contributed by atoms with van der Waals surface area (Å²) >= 11 is 0. The van der Waals surface area contributed by atoms with Gasteiger partial charge in [-0.1, -0.05) is 151 Å². The topological polar surface area (TPSA) is 0 Å². The molecule has 0 nitrogen and oxygen atoms in total. The Bertz CT molecular complexity index is 1290. The molecule has 34 heavy (non-hydrogen) atoms. The molecule has 0 aliphatic rings. The molecular formula is C34H30. The van der Waals surface area contributed by atoms with E-state index in [1.807, 2.05) is 6.92 Å². The Kier molecular flexibility index (Phi) is 7.87. The van der Waals surface area contributed by atoms with E-state index in [1.54, 1.807) is 0 Å². The summed E-state index contributed by atoms with van der Waals surface area (Å²) in [6, 6.07) is 34.4. The maximum absolute atomic E-state index is 2.16. The molecule has 0 heterocycles. The fourth-order valence-electron chi connectivity index (χ4n) is 3.60. The van der Waals surface area contributed by atoms with Gasteiger partial charge in [0, 0.05) is 0 Å². The van der Waals surface area contributed by atoms with Gasteiger partial charge in [-0.3, -0.25) is 0 Å². The molecule has 0 fully saturated rings. The highest BCUT2D eigenvalue weighted by Gasteiger charge is 1.93. The van der Waals surface area contributed by atoms with Crippen LogP contribution in [0.25, 0.3) is 42.5 Å². The van der Waals surface area contributed by atoms with E-state index in [4.69, 9.17) is 0 Å². The van der Waals surface area contributed by atoms with E-state index in [0.29, 0.717) is 0 Å². The number of rotatable bonds is 7. The van der Waals surface area contributed by atoms with Gasteiger partial charge in [0.15, 0.2) is 0 Å². The first-order valence-electron chi connectivity index (χ1n) is 11.7. The smallest absolute Gasteiger partial charge is 0.0256 e. The Morgan fingerprint density at radius 1 is 0.324 bits per heavy atom. The zero-order valence-electron chi connectivity index (χ0n) is 19.9. The van der Waals surface area contributed by atoms with Crippen LogP contribution in [0.4, 0.5) is 0 Å². The van der Waals surface area contributed by atoms with Crippen molar-refractivity contribution in [3.8, 4) is 0 Å². The third-order valence-electron chi connectivity index (χ3n) is 5.65. The van der Waals surface area contributed by atoms with Gasteiger partial charge in [0.05, 0.1) is 0 Å². The molecule has 4 aromatic rings. The summed E-state index contributed by atoms with van der Waals surface area (Å²) in [5, 5.41) is 0. The molecule has 0 atom stereocenters. The second-order valence-corrected chi connectivity index (χ2v) is 8.41.